The lowest BCUT2D eigenvalue weighted by molar-refractivity contribution is -0.137. The molecule has 7 rings (SSSR count). The zero-order valence-electron chi connectivity index (χ0n) is 31.4. The number of hydrogen-bond donors (Lipinski definition) is 3. The molecule has 7 aromatic rings. The van der Waals surface area contributed by atoms with E-state index < -0.39 is 41.2 Å². The summed E-state index contributed by atoms with van der Waals surface area (Å²) >= 11 is 2.53. The molecule has 2 amide bonds. The number of thiophene rings is 1. The van der Waals surface area contributed by atoms with E-state index in [1.165, 1.54) is 102 Å². The van der Waals surface area contributed by atoms with Crippen molar-refractivity contribution in [3.63, 3.8) is 0 Å². The molecule has 2 heterocycles. The summed E-state index contributed by atoms with van der Waals surface area (Å²) in [4.78, 5) is 39.3. The molecule has 60 heavy (non-hydrogen) atoms. The molecular weight excluding hydrogens is 832 g/mol. The number of aryl methyl sites for hydroxylation is 2. The van der Waals surface area contributed by atoms with Crippen LogP contribution in [0.25, 0.3) is 22.3 Å². The first-order valence-electron chi connectivity index (χ1n) is 17.5. The minimum absolute atomic E-state index is 0.0661. The second-order valence-corrected chi connectivity index (χ2v) is 14.7. The summed E-state index contributed by atoms with van der Waals surface area (Å²) < 4.78 is 91.5. The quantitative estimate of drug-likeness (QED) is 0.138. The molecule has 0 atom stereocenters. The Kier molecular flexibility index (Phi) is 14.4. The average molecular weight is 864 g/mol. The Labute approximate surface area is 346 Å². The molecule has 16 heteroatoms. The van der Waals surface area contributed by atoms with Crippen molar-refractivity contribution in [2.75, 3.05) is 10.6 Å². The molecule has 0 radical (unpaired) electrons. The molecule has 308 valence electrons. The average Bonchev–Trinajstić information content (AvgIpc) is 3.88. The van der Waals surface area contributed by atoms with Gasteiger partial charge in [0.05, 0.1) is 26.7 Å². The fourth-order valence-corrected chi connectivity index (χ4v) is 6.94. The number of anilines is 2. The number of nitrogens with one attached hydrogen (secondary N) is 2. The van der Waals surface area contributed by atoms with Gasteiger partial charge < -0.3 is 15.7 Å². The fourth-order valence-electron chi connectivity index (χ4n) is 5.57. The number of aromatic nitrogens is 1. The molecule has 0 spiro atoms. The zero-order valence-corrected chi connectivity index (χ0v) is 33.0. The van der Waals surface area contributed by atoms with Gasteiger partial charge in [-0.15, -0.1) is 22.7 Å². The van der Waals surface area contributed by atoms with E-state index in [0.29, 0.717) is 37.9 Å². The van der Waals surface area contributed by atoms with E-state index in [0.717, 1.165) is 17.1 Å². The summed E-state index contributed by atoms with van der Waals surface area (Å²) in [6, 6.07) is 31.6. The molecule has 7 nitrogen and oxygen atoms in total. The number of amides is 2. The first-order chi connectivity index (χ1) is 28.4. The summed E-state index contributed by atoms with van der Waals surface area (Å²) in [7, 11) is 0. The molecule has 3 N–H and O–H groups in total. The number of aromatic carboxylic acids is 1. The van der Waals surface area contributed by atoms with Crippen molar-refractivity contribution in [1.29, 1.82) is 0 Å². The first-order valence-corrected chi connectivity index (χ1v) is 19.2. The van der Waals surface area contributed by atoms with E-state index in [4.69, 9.17) is 5.11 Å². The van der Waals surface area contributed by atoms with Crippen molar-refractivity contribution in [3.05, 3.63) is 182 Å². The minimum atomic E-state index is -4.45. The van der Waals surface area contributed by atoms with Crippen LogP contribution in [-0.2, 0) is 12.4 Å². The van der Waals surface area contributed by atoms with Gasteiger partial charge in [-0.3, -0.25) is 9.59 Å². The van der Waals surface area contributed by atoms with Gasteiger partial charge in [0.1, 0.15) is 10.7 Å². The standard InChI is InChI=1S/C20H13F4NO.C18H12F3NOS.C6H7NO2S/c21-15-9-5-14(6-10-15)19(26)25-16-11-7-13(8-12-16)17-3-1-2-4-18(17)20(22,23)24;19-18(20,21)15-5-2-1-4-14(15)12-7-9-13(10-8-12)22-17(23)16-6-3-11-24-16;1-3-5(6(8)9)10-4(2)7-3/h1-12H,(H,25,26);1-11H,(H,22,23);1-2H3,(H,8,9). The van der Waals surface area contributed by atoms with E-state index in [9.17, 15) is 45.1 Å². The molecule has 0 fully saturated rings. The number of alkyl halides is 6. The van der Waals surface area contributed by atoms with Gasteiger partial charge >= 0.3 is 18.3 Å². The molecule has 5 aromatic carbocycles. The van der Waals surface area contributed by atoms with Crippen molar-refractivity contribution < 1.29 is 50.2 Å². The minimum Gasteiger partial charge on any atom is -0.477 e. The van der Waals surface area contributed by atoms with Crippen molar-refractivity contribution in [1.82, 2.24) is 4.98 Å². The molecule has 0 aliphatic rings. The van der Waals surface area contributed by atoms with Crippen LogP contribution in [0.4, 0.5) is 42.1 Å². The Morgan fingerprint density at radius 3 is 1.45 bits per heavy atom. The maximum atomic E-state index is 13.1. The van der Waals surface area contributed by atoms with Crippen LogP contribution in [0.5, 0.6) is 0 Å². The lowest BCUT2D eigenvalue weighted by atomic mass is 9.99. The van der Waals surface area contributed by atoms with Gasteiger partial charge in [-0.25, -0.2) is 14.2 Å². The van der Waals surface area contributed by atoms with Crippen molar-refractivity contribution >= 4 is 51.8 Å². The van der Waals surface area contributed by atoms with E-state index in [2.05, 4.69) is 15.6 Å². The summed E-state index contributed by atoms with van der Waals surface area (Å²) in [6.07, 6.45) is -8.87. The Balaban J connectivity index is 0.000000186. The maximum absolute atomic E-state index is 13.1. The van der Waals surface area contributed by atoms with Crippen LogP contribution in [0.1, 0.15) is 51.5 Å². The SMILES string of the molecule is Cc1nc(C)c(C(=O)O)s1.O=C(Nc1ccc(-c2ccccc2C(F)(F)F)cc1)c1ccc(F)cc1.O=C(Nc1ccc(-c2ccccc2C(F)(F)F)cc1)c1cccs1. The Bertz CT molecular complexity index is 2550. The second-order valence-electron chi connectivity index (χ2n) is 12.6. The van der Waals surface area contributed by atoms with Crippen LogP contribution in [0.3, 0.4) is 0 Å². The monoisotopic (exact) mass is 863 g/mol. The molecule has 0 bridgehead atoms. The molecule has 2 aromatic heterocycles. The number of nitrogens with zero attached hydrogens (tertiary/aromatic N) is 1. The summed E-state index contributed by atoms with van der Waals surface area (Å²) in [5, 5.41) is 16.5. The maximum Gasteiger partial charge on any atom is 0.417 e. The number of carboxylic acid groups (broad SMARTS) is 1. The van der Waals surface area contributed by atoms with E-state index >= 15 is 0 Å². The third-order valence-electron chi connectivity index (χ3n) is 8.32. The Morgan fingerprint density at radius 1 is 0.600 bits per heavy atom. The summed E-state index contributed by atoms with van der Waals surface area (Å²) in [6.45, 7) is 3.50. The lowest BCUT2D eigenvalue weighted by Crippen LogP contribution is -2.11. The van der Waals surface area contributed by atoms with Gasteiger partial charge in [0.2, 0.25) is 0 Å². The highest BCUT2D eigenvalue weighted by Crippen LogP contribution is 2.38. The summed E-state index contributed by atoms with van der Waals surface area (Å²) in [5.74, 6) is -2.01. The highest BCUT2D eigenvalue weighted by molar-refractivity contribution is 7.13. The topological polar surface area (TPSA) is 108 Å². The second kappa shape index (κ2) is 19.4. The highest BCUT2D eigenvalue weighted by atomic mass is 32.1. The van der Waals surface area contributed by atoms with Gasteiger partial charge in [0.15, 0.2) is 0 Å². The molecule has 0 aliphatic carbocycles. The molecular formula is C44H32F7N3O4S2. The van der Waals surface area contributed by atoms with Crippen molar-refractivity contribution in [2.45, 2.75) is 26.2 Å². The number of carboxylic acids is 1. The number of carbonyl (C=O) groups excluding carboxylic acids is 2. The Hall–Kier alpha value is -6.65. The smallest absolute Gasteiger partial charge is 0.417 e. The number of carbonyl (C=O) groups is 3. The van der Waals surface area contributed by atoms with E-state index in [1.807, 2.05) is 0 Å². The normalized spacial score (nSPS) is 11.0. The van der Waals surface area contributed by atoms with Gasteiger partial charge in [-0.05, 0) is 108 Å². The fraction of sp³-hybridized carbons (Fsp3) is 0.0909. The first kappa shape index (κ1) is 44.5. The van der Waals surface area contributed by atoms with Gasteiger partial charge in [0.25, 0.3) is 11.8 Å². The molecule has 0 unspecified atom stereocenters. The number of hydrogen-bond acceptors (Lipinski definition) is 6. The molecule has 0 saturated heterocycles. The van der Waals surface area contributed by atoms with Crippen LogP contribution in [0.2, 0.25) is 0 Å². The number of halogens is 7. The third-order valence-corrected chi connectivity index (χ3v) is 10.3. The van der Waals surface area contributed by atoms with Crippen LogP contribution in [-0.4, -0.2) is 27.9 Å². The largest absolute Gasteiger partial charge is 0.477 e. The number of rotatable bonds is 7. The molecule has 0 aliphatic heterocycles. The van der Waals surface area contributed by atoms with Crippen molar-refractivity contribution in [3.8, 4) is 22.3 Å². The van der Waals surface area contributed by atoms with Crippen LogP contribution < -0.4 is 10.6 Å². The van der Waals surface area contributed by atoms with E-state index in [-0.39, 0.29) is 22.6 Å². The summed E-state index contributed by atoms with van der Waals surface area (Å²) in [5.41, 5.74) is 1.44. The predicted molar refractivity (Wildman–Crippen MR) is 219 cm³/mol. The van der Waals surface area contributed by atoms with Crippen LogP contribution in [0.15, 0.2) is 139 Å². The van der Waals surface area contributed by atoms with Crippen LogP contribution >= 0.6 is 22.7 Å². The lowest BCUT2D eigenvalue weighted by Gasteiger charge is -2.13. The van der Waals surface area contributed by atoms with Gasteiger partial charge in [-0.1, -0.05) is 66.7 Å². The van der Waals surface area contributed by atoms with E-state index in [1.54, 1.807) is 61.7 Å². The number of benzene rings is 5. The van der Waals surface area contributed by atoms with Crippen LogP contribution in [0, 0.1) is 19.7 Å². The number of thiazole rings is 1. The Morgan fingerprint density at radius 2 is 1.07 bits per heavy atom. The van der Waals surface area contributed by atoms with Gasteiger partial charge in [0, 0.05) is 16.9 Å². The van der Waals surface area contributed by atoms with Crippen molar-refractivity contribution in [2.24, 2.45) is 0 Å². The highest BCUT2D eigenvalue weighted by Gasteiger charge is 2.34. The zero-order chi connectivity index (χ0) is 43.6. The van der Waals surface area contributed by atoms with Gasteiger partial charge in [-0.2, -0.15) is 26.3 Å². The third kappa shape index (κ3) is 12.0. The predicted octanol–water partition coefficient (Wildman–Crippen LogP) is 12.9. The molecule has 0 saturated carbocycles.